The molecule has 0 fully saturated rings. The second-order valence-electron chi connectivity index (χ2n) is 4.37. The largest absolute Gasteiger partial charge is 0.495 e. The van der Waals surface area contributed by atoms with Crippen LogP contribution in [0.2, 0.25) is 0 Å². The molecule has 0 saturated heterocycles. The van der Waals surface area contributed by atoms with E-state index in [-0.39, 0.29) is 11.9 Å². The van der Waals surface area contributed by atoms with Gasteiger partial charge in [-0.05, 0) is 24.6 Å². The number of carbonyl (C=O) groups excluding carboxylic acids is 1. The number of amides is 1. The van der Waals surface area contributed by atoms with Gasteiger partial charge >= 0.3 is 0 Å². The van der Waals surface area contributed by atoms with Gasteiger partial charge in [0.15, 0.2) is 0 Å². The molecule has 0 radical (unpaired) electrons. The van der Waals surface area contributed by atoms with Crippen LogP contribution in [0.4, 0.5) is 5.69 Å². The van der Waals surface area contributed by atoms with Gasteiger partial charge in [0.1, 0.15) is 5.75 Å². The van der Waals surface area contributed by atoms with Crippen molar-refractivity contribution >= 4 is 11.6 Å². The third-order valence-corrected chi connectivity index (χ3v) is 2.83. The number of nitrogens with one attached hydrogen (secondary N) is 1. The first kappa shape index (κ1) is 15.3. The van der Waals surface area contributed by atoms with E-state index in [0.717, 1.165) is 12.8 Å². The van der Waals surface area contributed by atoms with Crippen molar-refractivity contribution in [3.05, 3.63) is 23.8 Å². The van der Waals surface area contributed by atoms with Gasteiger partial charge in [-0.15, -0.1) is 0 Å². The first-order valence-electron chi connectivity index (χ1n) is 6.35. The molecule has 1 unspecified atom stereocenters. The van der Waals surface area contributed by atoms with Crippen molar-refractivity contribution in [3.8, 4) is 5.75 Å². The average Bonchev–Trinajstić information content (AvgIpc) is 2.39. The smallest absolute Gasteiger partial charge is 0.251 e. The van der Waals surface area contributed by atoms with E-state index in [9.17, 15) is 4.79 Å². The number of anilines is 1. The molecule has 5 nitrogen and oxygen atoms in total. The molecule has 19 heavy (non-hydrogen) atoms. The van der Waals surface area contributed by atoms with E-state index >= 15 is 0 Å². The van der Waals surface area contributed by atoms with Gasteiger partial charge in [0.05, 0.1) is 25.4 Å². The Morgan fingerprint density at radius 1 is 1.42 bits per heavy atom. The number of methoxy groups -OCH3 is 2. The zero-order valence-corrected chi connectivity index (χ0v) is 11.7. The fourth-order valence-corrected chi connectivity index (χ4v) is 1.89. The lowest BCUT2D eigenvalue weighted by Crippen LogP contribution is -2.37. The van der Waals surface area contributed by atoms with Crippen LogP contribution in [0.3, 0.4) is 0 Å². The van der Waals surface area contributed by atoms with Crippen molar-refractivity contribution < 1.29 is 14.3 Å². The van der Waals surface area contributed by atoms with E-state index < -0.39 is 0 Å². The predicted octanol–water partition coefficient (Wildman–Crippen LogP) is 1.82. The molecule has 1 aromatic rings. The number of ether oxygens (including phenoxy) is 2. The number of nitrogen functional groups attached to an aromatic ring is 1. The predicted molar refractivity (Wildman–Crippen MR) is 75.4 cm³/mol. The highest BCUT2D eigenvalue weighted by Crippen LogP contribution is 2.21. The zero-order chi connectivity index (χ0) is 14.3. The Labute approximate surface area is 114 Å². The van der Waals surface area contributed by atoms with Gasteiger partial charge in [-0.1, -0.05) is 13.3 Å². The molecule has 0 aromatic heterocycles. The summed E-state index contributed by atoms with van der Waals surface area (Å²) in [5.41, 5.74) is 6.76. The van der Waals surface area contributed by atoms with Crippen LogP contribution in [0, 0.1) is 0 Å². The van der Waals surface area contributed by atoms with Crippen LogP contribution in [0.1, 0.15) is 30.1 Å². The Bertz CT molecular complexity index is 415. The lowest BCUT2D eigenvalue weighted by atomic mass is 10.1. The van der Waals surface area contributed by atoms with Crippen LogP contribution < -0.4 is 15.8 Å². The van der Waals surface area contributed by atoms with E-state index in [0.29, 0.717) is 23.6 Å². The van der Waals surface area contributed by atoms with Crippen molar-refractivity contribution in [2.45, 2.75) is 25.8 Å². The fourth-order valence-electron chi connectivity index (χ4n) is 1.89. The number of carbonyl (C=O) groups is 1. The maximum Gasteiger partial charge on any atom is 0.251 e. The SMILES string of the molecule is CCCC(COC)NC(=O)c1ccc(OC)c(N)c1. The molecular formula is C14H22N2O3. The molecule has 0 heterocycles. The van der Waals surface area contributed by atoms with Gasteiger partial charge < -0.3 is 20.5 Å². The second kappa shape index (κ2) is 7.63. The average molecular weight is 266 g/mol. The van der Waals surface area contributed by atoms with Crippen molar-refractivity contribution in [2.24, 2.45) is 0 Å². The highest BCUT2D eigenvalue weighted by atomic mass is 16.5. The summed E-state index contributed by atoms with van der Waals surface area (Å²) < 4.78 is 10.2. The standard InChI is InChI=1S/C14H22N2O3/c1-4-5-11(9-18-2)16-14(17)10-6-7-13(19-3)12(15)8-10/h6-8,11H,4-5,9,15H2,1-3H3,(H,16,17). The molecule has 1 rings (SSSR count). The summed E-state index contributed by atoms with van der Waals surface area (Å²) in [6.45, 7) is 2.57. The van der Waals surface area contributed by atoms with Gasteiger partial charge in [0.2, 0.25) is 0 Å². The summed E-state index contributed by atoms with van der Waals surface area (Å²) in [6.07, 6.45) is 1.87. The van der Waals surface area contributed by atoms with Crippen molar-refractivity contribution in [3.63, 3.8) is 0 Å². The monoisotopic (exact) mass is 266 g/mol. The molecule has 1 amide bonds. The lowest BCUT2D eigenvalue weighted by Gasteiger charge is -2.17. The van der Waals surface area contributed by atoms with E-state index in [2.05, 4.69) is 12.2 Å². The first-order valence-corrected chi connectivity index (χ1v) is 6.35. The lowest BCUT2D eigenvalue weighted by molar-refractivity contribution is 0.0891. The topological polar surface area (TPSA) is 73.6 Å². The van der Waals surface area contributed by atoms with Crippen molar-refractivity contribution in [2.75, 3.05) is 26.6 Å². The second-order valence-corrected chi connectivity index (χ2v) is 4.37. The maximum atomic E-state index is 12.1. The van der Waals surface area contributed by atoms with Crippen LogP contribution in [-0.2, 0) is 4.74 Å². The molecule has 106 valence electrons. The molecule has 0 saturated carbocycles. The van der Waals surface area contributed by atoms with Crippen LogP contribution in [-0.4, -0.2) is 32.8 Å². The molecule has 1 atom stereocenters. The Morgan fingerprint density at radius 2 is 2.16 bits per heavy atom. The van der Waals surface area contributed by atoms with Gasteiger partial charge in [-0.2, -0.15) is 0 Å². The van der Waals surface area contributed by atoms with E-state index in [1.54, 1.807) is 32.4 Å². The normalized spacial score (nSPS) is 11.9. The van der Waals surface area contributed by atoms with Crippen LogP contribution in [0.25, 0.3) is 0 Å². The molecule has 1 aromatic carbocycles. The number of nitrogens with two attached hydrogens (primary N) is 1. The van der Waals surface area contributed by atoms with E-state index in [1.807, 2.05) is 0 Å². The summed E-state index contributed by atoms with van der Waals surface area (Å²) in [5.74, 6) is 0.420. The third kappa shape index (κ3) is 4.44. The minimum Gasteiger partial charge on any atom is -0.495 e. The fraction of sp³-hybridized carbons (Fsp3) is 0.500. The molecule has 0 aliphatic heterocycles. The minimum atomic E-state index is -0.148. The molecule has 3 N–H and O–H groups in total. The Morgan fingerprint density at radius 3 is 2.68 bits per heavy atom. The molecule has 5 heteroatoms. The van der Waals surface area contributed by atoms with E-state index in [1.165, 1.54) is 0 Å². The summed E-state index contributed by atoms with van der Waals surface area (Å²) in [5, 5.41) is 2.94. The Balaban J connectivity index is 2.73. The number of hydrogen-bond acceptors (Lipinski definition) is 4. The molecule has 0 spiro atoms. The summed E-state index contributed by atoms with van der Waals surface area (Å²) >= 11 is 0. The zero-order valence-electron chi connectivity index (χ0n) is 11.7. The van der Waals surface area contributed by atoms with Crippen molar-refractivity contribution in [1.29, 1.82) is 0 Å². The van der Waals surface area contributed by atoms with Gasteiger partial charge in [-0.25, -0.2) is 0 Å². The molecular weight excluding hydrogens is 244 g/mol. The van der Waals surface area contributed by atoms with Crippen LogP contribution in [0.5, 0.6) is 5.75 Å². The van der Waals surface area contributed by atoms with Gasteiger partial charge in [0, 0.05) is 12.7 Å². The molecule has 0 bridgehead atoms. The quantitative estimate of drug-likeness (QED) is 0.738. The first-order chi connectivity index (χ1) is 9.12. The third-order valence-electron chi connectivity index (χ3n) is 2.83. The van der Waals surface area contributed by atoms with Gasteiger partial charge in [-0.3, -0.25) is 4.79 Å². The van der Waals surface area contributed by atoms with Crippen LogP contribution >= 0.6 is 0 Å². The molecule has 0 aliphatic carbocycles. The summed E-state index contributed by atoms with van der Waals surface area (Å²) in [4.78, 5) is 12.1. The van der Waals surface area contributed by atoms with Gasteiger partial charge in [0.25, 0.3) is 5.91 Å². The van der Waals surface area contributed by atoms with Crippen LogP contribution in [0.15, 0.2) is 18.2 Å². The number of benzene rings is 1. The molecule has 0 aliphatic rings. The van der Waals surface area contributed by atoms with Crippen molar-refractivity contribution in [1.82, 2.24) is 5.32 Å². The highest BCUT2D eigenvalue weighted by molar-refractivity contribution is 5.95. The Hall–Kier alpha value is -1.75. The Kier molecular flexibility index (Phi) is 6.15. The highest BCUT2D eigenvalue weighted by Gasteiger charge is 2.14. The minimum absolute atomic E-state index is 0.0193. The van der Waals surface area contributed by atoms with E-state index in [4.69, 9.17) is 15.2 Å². The summed E-state index contributed by atoms with van der Waals surface area (Å²) in [7, 11) is 3.17. The number of rotatable bonds is 7. The summed E-state index contributed by atoms with van der Waals surface area (Å²) in [6, 6.07) is 5.02. The maximum absolute atomic E-state index is 12.1. The number of hydrogen-bond donors (Lipinski definition) is 2.